The van der Waals surface area contributed by atoms with Gasteiger partial charge in [-0.05, 0) is 37.5 Å². The number of esters is 1. The van der Waals surface area contributed by atoms with Gasteiger partial charge in [0, 0.05) is 13.1 Å². The Morgan fingerprint density at radius 3 is 2.57 bits per heavy atom. The lowest BCUT2D eigenvalue weighted by molar-refractivity contribution is -0.146. The van der Waals surface area contributed by atoms with Gasteiger partial charge in [-0.3, -0.25) is 9.59 Å². The summed E-state index contributed by atoms with van der Waals surface area (Å²) in [5.74, 6) is -0.0649. The molecular weight excluding hydrogens is 294 g/mol. The predicted molar refractivity (Wildman–Crippen MR) is 89.5 cm³/mol. The molecule has 0 aliphatic carbocycles. The fourth-order valence-electron chi connectivity index (χ4n) is 2.29. The first-order valence-corrected chi connectivity index (χ1v) is 7.94. The van der Waals surface area contributed by atoms with E-state index in [1.54, 1.807) is 11.8 Å². The minimum Gasteiger partial charge on any atom is -0.483 e. The van der Waals surface area contributed by atoms with Gasteiger partial charge in [-0.2, -0.15) is 0 Å². The molecule has 1 rings (SSSR count). The van der Waals surface area contributed by atoms with E-state index in [4.69, 9.17) is 9.47 Å². The van der Waals surface area contributed by atoms with Crippen LogP contribution in [0.1, 0.15) is 31.4 Å². The number of aryl methyl sites for hydroxylation is 2. The van der Waals surface area contributed by atoms with Gasteiger partial charge in [0.15, 0.2) is 6.61 Å². The second-order valence-corrected chi connectivity index (χ2v) is 5.82. The van der Waals surface area contributed by atoms with Gasteiger partial charge in [-0.25, -0.2) is 0 Å². The molecule has 1 aromatic rings. The summed E-state index contributed by atoms with van der Waals surface area (Å²) < 4.78 is 10.4. The standard InChI is InChI=1S/C18H27NO4/c1-6-9-19(11-15(4)18(21)22-5)17(20)12-23-16-10-13(2)7-8-14(16)3/h7-8,10,15H,6,9,11-12H2,1-5H3. The summed E-state index contributed by atoms with van der Waals surface area (Å²) in [5, 5.41) is 0. The van der Waals surface area contributed by atoms with Crippen molar-refractivity contribution >= 4 is 11.9 Å². The van der Waals surface area contributed by atoms with E-state index in [0.717, 1.165) is 23.3 Å². The number of carbonyl (C=O) groups is 2. The molecule has 0 heterocycles. The fourth-order valence-corrected chi connectivity index (χ4v) is 2.29. The highest BCUT2D eigenvalue weighted by molar-refractivity contribution is 5.79. The summed E-state index contributed by atoms with van der Waals surface area (Å²) in [4.78, 5) is 25.6. The van der Waals surface area contributed by atoms with Crippen LogP contribution >= 0.6 is 0 Å². The first-order chi connectivity index (χ1) is 10.9. The highest BCUT2D eigenvalue weighted by atomic mass is 16.5. The highest BCUT2D eigenvalue weighted by Crippen LogP contribution is 2.19. The summed E-state index contributed by atoms with van der Waals surface area (Å²) in [7, 11) is 1.36. The van der Waals surface area contributed by atoms with Crippen molar-refractivity contribution in [2.75, 3.05) is 26.8 Å². The zero-order chi connectivity index (χ0) is 17.4. The minimum absolute atomic E-state index is 0.0296. The number of methoxy groups -OCH3 is 1. The van der Waals surface area contributed by atoms with Gasteiger partial charge in [0.25, 0.3) is 5.91 Å². The molecule has 1 unspecified atom stereocenters. The van der Waals surface area contributed by atoms with Crippen LogP contribution in [0.2, 0.25) is 0 Å². The fraction of sp³-hybridized carbons (Fsp3) is 0.556. The third-order valence-electron chi connectivity index (χ3n) is 3.64. The molecule has 5 nitrogen and oxygen atoms in total. The third-order valence-corrected chi connectivity index (χ3v) is 3.64. The number of hydrogen-bond donors (Lipinski definition) is 0. The third kappa shape index (κ3) is 5.93. The van der Waals surface area contributed by atoms with Crippen LogP contribution in [0.15, 0.2) is 18.2 Å². The molecule has 0 fully saturated rings. The largest absolute Gasteiger partial charge is 0.483 e. The van der Waals surface area contributed by atoms with Crippen LogP contribution in [0, 0.1) is 19.8 Å². The lowest BCUT2D eigenvalue weighted by Crippen LogP contribution is -2.40. The second kappa shape index (κ2) is 9.18. The number of benzene rings is 1. The molecule has 0 bridgehead atoms. The Labute approximate surface area is 138 Å². The van der Waals surface area contributed by atoms with E-state index in [0.29, 0.717) is 13.1 Å². The quantitative estimate of drug-likeness (QED) is 0.691. The highest BCUT2D eigenvalue weighted by Gasteiger charge is 2.21. The number of carbonyl (C=O) groups excluding carboxylic acids is 2. The van der Waals surface area contributed by atoms with Gasteiger partial charge in [0.1, 0.15) is 5.75 Å². The van der Waals surface area contributed by atoms with Crippen LogP contribution in [0.3, 0.4) is 0 Å². The average molecular weight is 321 g/mol. The monoisotopic (exact) mass is 321 g/mol. The molecular formula is C18H27NO4. The first kappa shape index (κ1) is 19.0. The Morgan fingerprint density at radius 1 is 1.26 bits per heavy atom. The van der Waals surface area contributed by atoms with Gasteiger partial charge < -0.3 is 14.4 Å². The zero-order valence-corrected chi connectivity index (χ0v) is 14.7. The first-order valence-electron chi connectivity index (χ1n) is 7.94. The lowest BCUT2D eigenvalue weighted by Gasteiger charge is -2.24. The number of amides is 1. The van der Waals surface area contributed by atoms with E-state index < -0.39 is 0 Å². The molecule has 0 saturated heterocycles. The van der Waals surface area contributed by atoms with E-state index in [1.165, 1.54) is 7.11 Å². The summed E-state index contributed by atoms with van der Waals surface area (Å²) in [6.45, 7) is 8.59. The van der Waals surface area contributed by atoms with Crippen LogP contribution in [-0.2, 0) is 14.3 Å². The van der Waals surface area contributed by atoms with Crippen LogP contribution in [0.25, 0.3) is 0 Å². The predicted octanol–water partition coefficient (Wildman–Crippen LogP) is 2.73. The molecule has 23 heavy (non-hydrogen) atoms. The molecule has 5 heteroatoms. The maximum atomic E-state index is 12.4. The molecule has 0 radical (unpaired) electrons. The van der Waals surface area contributed by atoms with E-state index in [2.05, 4.69) is 0 Å². The van der Waals surface area contributed by atoms with Gasteiger partial charge in [-0.15, -0.1) is 0 Å². The van der Waals surface area contributed by atoms with Crippen molar-refractivity contribution in [3.8, 4) is 5.75 Å². The molecule has 0 N–H and O–H groups in total. The van der Waals surface area contributed by atoms with Crippen LogP contribution in [-0.4, -0.2) is 43.6 Å². The molecule has 0 spiro atoms. The maximum Gasteiger partial charge on any atom is 0.310 e. The van der Waals surface area contributed by atoms with E-state index in [1.807, 2.05) is 39.0 Å². The van der Waals surface area contributed by atoms with Crippen molar-refractivity contribution < 1.29 is 19.1 Å². The van der Waals surface area contributed by atoms with Crippen LogP contribution in [0.4, 0.5) is 0 Å². The molecule has 0 aliphatic rings. The minimum atomic E-state index is -0.351. The summed E-state index contributed by atoms with van der Waals surface area (Å²) in [5.41, 5.74) is 2.08. The van der Waals surface area contributed by atoms with Crippen LogP contribution < -0.4 is 4.74 Å². The molecule has 1 aromatic carbocycles. The molecule has 1 atom stereocenters. The Hall–Kier alpha value is -2.04. The number of ether oxygens (including phenoxy) is 2. The Kier molecular flexibility index (Phi) is 7.59. The van der Waals surface area contributed by atoms with Gasteiger partial charge in [0.05, 0.1) is 13.0 Å². The zero-order valence-electron chi connectivity index (χ0n) is 14.7. The Morgan fingerprint density at radius 2 is 1.96 bits per heavy atom. The number of hydrogen-bond acceptors (Lipinski definition) is 4. The lowest BCUT2D eigenvalue weighted by atomic mass is 10.1. The molecule has 128 valence electrons. The van der Waals surface area contributed by atoms with Gasteiger partial charge >= 0.3 is 5.97 Å². The SMILES string of the molecule is CCCN(CC(C)C(=O)OC)C(=O)COc1cc(C)ccc1C. The Bertz CT molecular complexity index is 542. The number of nitrogens with zero attached hydrogens (tertiary/aromatic N) is 1. The maximum absolute atomic E-state index is 12.4. The normalized spacial score (nSPS) is 11.7. The number of rotatable bonds is 8. The average Bonchev–Trinajstić information content (AvgIpc) is 2.53. The van der Waals surface area contributed by atoms with Gasteiger partial charge in [-0.1, -0.05) is 26.0 Å². The summed E-state index contributed by atoms with van der Waals surface area (Å²) in [6.07, 6.45) is 0.823. The van der Waals surface area contributed by atoms with Crippen LogP contribution in [0.5, 0.6) is 5.75 Å². The molecule has 1 amide bonds. The second-order valence-electron chi connectivity index (χ2n) is 5.82. The van der Waals surface area contributed by atoms with Crippen molar-refractivity contribution in [3.05, 3.63) is 29.3 Å². The van der Waals surface area contributed by atoms with Crippen molar-refractivity contribution in [3.63, 3.8) is 0 Å². The molecule has 0 aromatic heterocycles. The molecule has 0 aliphatic heterocycles. The molecule has 0 saturated carbocycles. The summed E-state index contributed by atoms with van der Waals surface area (Å²) >= 11 is 0. The van der Waals surface area contributed by atoms with E-state index >= 15 is 0 Å². The van der Waals surface area contributed by atoms with Crippen molar-refractivity contribution in [1.82, 2.24) is 4.90 Å². The topological polar surface area (TPSA) is 55.8 Å². The summed E-state index contributed by atoms with van der Waals surface area (Å²) in [6, 6.07) is 5.90. The van der Waals surface area contributed by atoms with Crippen molar-refractivity contribution in [1.29, 1.82) is 0 Å². The Balaban J connectivity index is 2.67. The smallest absolute Gasteiger partial charge is 0.310 e. The van der Waals surface area contributed by atoms with Gasteiger partial charge in [0.2, 0.25) is 0 Å². The van der Waals surface area contributed by atoms with Crippen molar-refractivity contribution in [2.45, 2.75) is 34.1 Å². The van der Waals surface area contributed by atoms with E-state index in [-0.39, 0.29) is 24.4 Å². The van der Waals surface area contributed by atoms with E-state index in [9.17, 15) is 9.59 Å². The van der Waals surface area contributed by atoms with Crippen molar-refractivity contribution in [2.24, 2.45) is 5.92 Å².